The SMILES string of the molecule is Cc1ccc(Oc2cccc(C=C3CCN(C(=O)NC4CC4)CC3)c2)nc1.[HH].c1ccccc1. The van der Waals surface area contributed by atoms with E-state index in [9.17, 15) is 4.79 Å². The lowest BCUT2D eigenvalue weighted by molar-refractivity contribution is 0.193. The summed E-state index contributed by atoms with van der Waals surface area (Å²) >= 11 is 0. The van der Waals surface area contributed by atoms with Gasteiger partial charge in [-0.25, -0.2) is 9.78 Å². The number of urea groups is 1. The highest BCUT2D eigenvalue weighted by atomic mass is 16.5. The second kappa shape index (κ2) is 11.3. The average molecular weight is 444 g/mol. The first-order chi connectivity index (χ1) is 16.2. The van der Waals surface area contributed by atoms with Crippen molar-refractivity contribution in [3.8, 4) is 11.6 Å². The molecule has 2 amide bonds. The molecule has 0 unspecified atom stereocenters. The number of ether oxygens (including phenoxy) is 1. The molecule has 3 aromatic rings. The van der Waals surface area contributed by atoms with Crippen LogP contribution in [0.2, 0.25) is 0 Å². The predicted molar refractivity (Wildman–Crippen MR) is 134 cm³/mol. The van der Waals surface area contributed by atoms with Crippen LogP contribution >= 0.6 is 0 Å². The zero-order chi connectivity index (χ0) is 22.9. The zero-order valence-electron chi connectivity index (χ0n) is 19.1. The lowest BCUT2D eigenvalue weighted by Gasteiger charge is -2.28. The number of aryl methyl sites for hydroxylation is 1. The highest BCUT2D eigenvalue weighted by Crippen LogP contribution is 2.25. The molecule has 1 aliphatic carbocycles. The average Bonchev–Trinajstić information content (AvgIpc) is 3.67. The number of aromatic nitrogens is 1. The lowest BCUT2D eigenvalue weighted by Crippen LogP contribution is -2.43. The lowest BCUT2D eigenvalue weighted by atomic mass is 10.0. The molecule has 5 nitrogen and oxygen atoms in total. The topological polar surface area (TPSA) is 54.5 Å². The highest BCUT2D eigenvalue weighted by Gasteiger charge is 2.27. The molecular formula is C28H33N3O2. The van der Waals surface area contributed by atoms with Gasteiger partial charge in [0.1, 0.15) is 5.75 Å². The number of benzene rings is 2. The molecule has 0 radical (unpaired) electrons. The van der Waals surface area contributed by atoms with Crippen molar-refractivity contribution in [2.24, 2.45) is 0 Å². The van der Waals surface area contributed by atoms with Crippen LogP contribution in [0.25, 0.3) is 6.08 Å². The van der Waals surface area contributed by atoms with E-state index in [2.05, 4.69) is 22.4 Å². The summed E-state index contributed by atoms with van der Waals surface area (Å²) in [5.74, 6) is 1.38. The molecule has 2 fully saturated rings. The molecule has 0 spiro atoms. The smallest absolute Gasteiger partial charge is 0.317 e. The molecular weight excluding hydrogens is 410 g/mol. The fraction of sp³-hybridized carbons (Fsp3) is 0.286. The Morgan fingerprint density at radius 1 is 1.03 bits per heavy atom. The molecule has 2 aliphatic rings. The van der Waals surface area contributed by atoms with E-state index in [-0.39, 0.29) is 7.46 Å². The van der Waals surface area contributed by atoms with E-state index in [1.54, 1.807) is 6.20 Å². The van der Waals surface area contributed by atoms with Gasteiger partial charge < -0.3 is 15.0 Å². The molecule has 0 atom stereocenters. The summed E-state index contributed by atoms with van der Waals surface area (Å²) in [6.45, 7) is 3.58. The Morgan fingerprint density at radius 2 is 1.73 bits per heavy atom. The number of carbonyl (C=O) groups is 1. The Bertz CT molecular complexity index is 1030. The van der Waals surface area contributed by atoms with Gasteiger partial charge in [-0.2, -0.15) is 0 Å². The number of nitrogens with zero attached hydrogens (tertiary/aromatic N) is 2. The zero-order valence-corrected chi connectivity index (χ0v) is 19.1. The van der Waals surface area contributed by atoms with Gasteiger partial charge in [0, 0.05) is 32.8 Å². The molecule has 5 rings (SSSR count). The van der Waals surface area contributed by atoms with Crippen molar-refractivity contribution >= 4 is 12.1 Å². The molecule has 1 aliphatic heterocycles. The van der Waals surface area contributed by atoms with Gasteiger partial charge >= 0.3 is 6.03 Å². The second-order valence-electron chi connectivity index (χ2n) is 8.52. The van der Waals surface area contributed by atoms with Crippen LogP contribution in [0.3, 0.4) is 0 Å². The number of likely N-dealkylation sites (tertiary alicyclic amines) is 1. The fourth-order valence-electron chi connectivity index (χ4n) is 3.56. The molecule has 1 saturated heterocycles. The van der Waals surface area contributed by atoms with Crippen LogP contribution in [-0.2, 0) is 0 Å². The molecule has 0 bridgehead atoms. The third-order valence-electron chi connectivity index (χ3n) is 5.60. The van der Waals surface area contributed by atoms with Crippen LogP contribution in [-0.4, -0.2) is 35.0 Å². The summed E-state index contributed by atoms with van der Waals surface area (Å²) in [7, 11) is 0. The first-order valence-corrected chi connectivity index (χ1v) is 11.6. The summed E-state index contributed by atoms with van der Waals surface area (Å²) in [4.78, 5) is 18.3. The van der Waals surface area contributed by atoms with Crippen LogP contribution in [0, 0.1) is 6.92 Å². The van der Waals surface area contributed by atoms with E-state index < -0.39 is 0 Å². The summed E-state index contributed by atoms with van der Waals surface area (Å²) in [5.41, 5.74) is 3.60. The summed E-state index contributed by atoms with van der Waals surface area (Å²) < 4.78 is 5.85. The first-order valence-electron chi connectivity index (χ1n) is 11.6. The number of hydrogen-bond acceptors (Lipinski definition) is 3. The Kier molecular flexibility index (Phi) is 7.75. The van der Waals surface area contributed by atoms with E-state index in [1.807, 2.05) is 78.6 Å². The van der Waals surface area contributed by atoms with Crippen LogP contribution in [0.4, 0.5) is 4.79 Å². The van der Waals surface area contributed by atoms with Gasteiger partial charge in [0.15, 0.2) is 0 Å². The Labute approximate surface area is 197 Å². The van der Waals surface area contributed by atoms with Gasteiger partial charge in [-0.3, -0.25) is 0 Å². The van der Waals surface area contributed by atoms with Gasteiger partial charge in [-0.1, -0.05) is 66.2 Å². The highest BCUT2D eigenvalue weighted by molar-refractivity contribution is 5.75. The maximum Gasteiger partial charge on any atom is 0.317 e. The third kappa shape index (κ3) is 7.49. The summed E-state index contributed by atoms with van der Waals surface area (Å²) in [6.07, 6.45) is 8.10. The number of amides is 2. The molecule has 1 N–H and O–H groups in total. The molecule has 1 aromatic heterocycles. The van der Waals surface area contributed by atoms with Crippen molar-refractivity contribution < 1.29 is 11.0 Å². The number of piperidine rings is 1. The van der Waals surface area contributed by atoms with Crippen molar-refractivity contribution in [1.29, 1.82) is 0 Å². The second-order valence-corrected chi connectivity index (χ2v) is 8.52. The van der Waals surface area contributed by atoms with Crippen molar-refractivity contribution in [3.63, 3.8) is 0 Å². The molecule has 2 aromatic carbocycles. The van der Waals surface area contributed by atoms with Crippen molar-refractivity contribution in [2.75, 3.05) is 13.1 Å². The largest absolute Gasteiger partial charge is 0.439 e. The number of hydrogen-bond donors (Lipinski definition) is 1. The van der Waals surface area contributed by atoms with Crippen molar-refractivity contribution in [2.45, 2.75) is 38.6 Å². The predicted octanol–water partition coefficient (Wildman–Crippen LogP) is 6.47. The van der Waals surface area contributed by atoms with Gasteiger partial charge in [-0.05, 0) is 55.9 Å². The van der Waals surface area contributed by atoms with Gasteiger partial charge in [-0.15, -0.1) is 0 Å². The van der Waals surface area contributed by atoms with Crippen LogP contribution < -0.4 is 10.1 Å². The van der Waals surface area contributed by atoms with E-state index >= 15 is 0 Å². The maximum absolute atomic E-state index is 12.1. The van der Waals surface area contributed by atoms with Crippen LogP contribution in [0.5, 0.6) is 11.6 Å². The molecule has 2 heterocycles. The van der Waals surface area contributed by atoms with Crippen molar-refractivity contribution in [3.05, 3.63) is 95.7 Å². The number of pyridine rings is 1. The number of rotatable bonds is 4. The number of nitrogens with one attached hydrogen (secondary N) is 1. The normalized spacial score (nSPS) is 15.2. The van der Waals surface area contributed by atoms with Crippen LogP contribution in [0.15, 0.2) is 84.6 Å². The molecule has 5 heteroatoms. The molecule has 33 heavy (non-hydrogen) atoms. The monoisotopic (exact) mass is 443 g/mol. The standard InChI is InChI=1S/C22H25N3O2.C6H6.H2/c1-16-5-8-21(23-15-16)27-20-4-2-3-18(14-20)13-17-9-11-25(12-10-17)22(26)24-19-6-7-19;1-2-4-6-5-3-1;/h2-5,8,13-15,19H,6-7,9-12H2,1H3,(H,24,26);1-6H;1H. The minimum atomic E-state index is 0. The van der Waals surface area contributed by atoms with E-state index in [4.69, 9.17) is 4.74 Å². The van der Waals surface area contributed by atoms with E-state index in [0.29, 0.717) is 11.9 Å². The summed E-state index contributed by atoms with van der Waals surface area (Å²) in [6, 6.07) is 24.4. The van der Waals surface area contributed by atoms with E-state index in [0.717, 1.165) is 55.6 Å². The van der Waals surface area contributed by atoms with Crippen LogP contribution in [0.1, 0.15) is 38.2 Å². The summed E-state index contributed by atoms with van der Waals surface area (Å²) in [5, 5.41) is 3.07. The maximum atomic E-state index is 12.1. The Balaban J connectivity index is 0.000000405. The van der Waals surface area contributed by atoms with Gasteiger partial charge in [0.25, 0.3) is 0 Å². The third-order valence-corrected chi connectivity index (χ3v) is 5.60. The van der Waals surface area contributed by atoms with Gasteiger partial charge in [0.2, 0.25) is 5.88 Å². The Morgan fingerprint density at radius 3 is 2.33 bits per heavy atom. The minimum Gasteiger partial charge on any atom is -0.439 e. The quantitative estimate of drug-likeness (QED) is 0.503. The first kappa shape index (κ1) is 22.6. The molecule has 172 valence electrons. The fourth-order valence-corrected chi connectivity index (χ4v) is 3.56. The Hall–Kier alpha value is -3.60. The molecule has 1 saturated carbocycles. The van der Waals surface area contributed by atoms with Gasteiger partial charge in [0.05, 0.1) is 0 Å². The number of carbonyl (C=O) groups excluding carboxylic acids is 1. The van der Waals surface area contributed by atoms with E-state index in [1.165, 1.54) is 5.57 Å². The minimum absolute atomic E-state index is 0. The van der Waals surface area contributed by atoms with Crippen molar-refractivity contribution in [1.82, 2.24) is 15.2 Å².